The van der Waals surface area contributed by atoms with Crippen LogP contribution < -0.4 is 11.1 Å². The molecule has 5 aromatic rings. The second-order valence-electron chi connectivity index (χ2n) is 6.84. The predicted octanol–water partition coefficient (Wildman–Crippen LogP) is 4.34. The number of benzene rings is 2. The van der Waals surface area contributed by atoms with Gasteiger partial charge in [0.25, 0.3) is 0 Å². The van der Waals surface area contributed by atoms with E-state index in [1.165, 1.54) is 16.5 Å². The second kappa shape index (κ2) is 6.74. The van der Waals surface area contributed by atoms with Crippen molar-refractivity contribution in [2.24, 2.45) is 0 Å². The van der Waals surface area contributed by atoms with Crippen LogP contribution in [0.5, 0.6) is 0 Å². The number of aromatic nitrogens is 4. The summed E-state index contributed by atoms with van der Waals surface area (Å²) in [5, 5.41) is 12.6. The van der Waals surface area contributed by atoms with Gasteiger partial charge in [0.05, 0.1) is 5.52 Å². The molecular weight excluding hydrogens is 348 g/mol. The van der Waals surface area contributed by atoms with Crippen LogP contribution in [0.3, 0.4) is 0 Å². The fraction of sp³-hybridized carbons (Fsp3) is 0.0909. The van der Waals surface area contributed by atoms with Crippen molar-refractivity contribution in [2.75, 3.05) is 17.6 Å². The van der Waals surface area contributed by atoms with Crippen molar-refractivity contribution in [1.82, 2.24) is 20.2 Å². The van der Waals surface area contributed by atoms with Crippen LogP contribution in [0.25, 0.3) is 32.9 Å². The summed E-state index contributed by atoms with van der Waals surface area (Å²) in [5.74, 6) is 1.38. The minimum atomic E-state index is 0.517. The smallest absolute Gasteiger partial charge is 0.153 e. The number of nitrogens with zero attached hydrogens (tertiary/aromatic N) is 2. The van der Waals surface area contributed by atoms with E-state index in [2.05, 4.69) is 68.1 Å². The van der Waals surface area contributed by atoms with Crippen LogP contribution in [-0.4, -0.2) is 26.7 Å². The molecule has 6 nitrogen and oxygen atoms in total. The lowest BCUT2D eigenvalue weighted by Gasteiger charge is -2.08. The fourth-order valence-corrected chi connectivity index (χ4v) is 3.58. The van der Waals surface area contributed by atoms with Crippen LogP contribution >= 0.6 is 0 Å². The quantitative estimate of drug-likeness (QED) is 0.371. The molecule has 3 heterocycles. The van der Waals surface area contributed by atoms with Gasteiger partial charge in [-0.2, -0.15) is 5.10 Å². The largest absolute Gasteiger partial charge is 0.382 e. The number of anilines is 2. The highest BCUT2D eigenvalue weighted by Gasteiger charge is 2.07. The molecule has 0 saturated carbocycles. The number of H-pyrrole nitrogens is 2. The summed E-state index contributed by atoms with van der Waals surface area (Å²) >= 11 is 0. The minimum absolute atomic E-state index is 0.517. The average Bonchev–Trinajstić information content (AvgIpc) is 3.32. The molecule has 3 aromatic heterocycles. The lowest BCUT2D eigenvalue weighted by molar-refractivity contribution is 1.01. The molecule has 28 heavy (non-hydrogen) atoms. The molecule has 5 N–H and O–H groups in total. The Balaban J connectivity index is 1.33. The maximum atomic E-state index is 5.94. The van der Waals surface area contributed by atoms with Crippen LogP contribution in [0.15, 0.2) is 67.0 Å². The summed E-state index contributed by atoms with van der Waals surface area (Å²) in [5.41, 5.74) is 11.5. The van der Waals surface area contributed by atoms with E-state index in [0.29, 0.717) is 5.82 Å². The van der Waals surface area contributed by atoms with E-state index in [1.54, 1.807) is 0 Å². The molecule has 0 aliphatic rings. The van der Waals surface area contributed by atoms with Gasteiger partial charge in [0.2, 0.25) is 0 Å². The van der Waals surface area contributed by atoms with Crippen LogP contribution in [-0.2, 0) is 6.42 Å². The van der Waals surface area contributed by atoms with E-state index in [1.807, 2.05) is 24.4 Å². The second-order valence-corrected chi connectivity index (χ2v) is 6.84. The van der Waals surface area contributed by atoms with Crippen molar-refractivity contribution < 1.29 is 0 Å². The minimum Gasteiger partial charge on any atom is -0.382 e. The van der Waals surface area contributed by atoms with Crippen molar-refractivity contribution in [3.05, 3.63) is 72.6 Å². The van der Waals surface area contributed by atoms with Gasteiger partial charge < -0.3 is 16.0 Å². The van der Waals surface area contributed by atoms with Gasteiger partial charge in [0, 0.05) is 35.2 Å². The first-order valence-electron chi connectivity index (χ1n) is 9.27. The molecular formula is C22H20N6. The van der Waals surface area contributed by atoms with Crippen molar-refractivity contribution in [2.45, 2.75) is 6.42 Å². The van der Waals surface area contributed by atoms with Crippen molar-refractivity contribution in [3.63, 3.8) is 0 Å². The Labute approximate surface area is 161 Å². The lowest BCUT2D eigenvalue weighted by atomic mass is 10.0. The molecule has 6 heteroatoms. The average molecular weight is 368 g/mol. The molecule has 0 aliphatic heterocycles. The monoisotopic (exact) mass is 368 g/mol. The highest BCUT2D eigenvalue weighted by atomic mass is 15.1. The third-order valence-corrected chi connectivity index (χ3v) is 5.06. The molecule has 0 atom stereocenters. The predicted molar refractivity (Wildman–Crippen MR) is 114 cm³/mol. The summed E-state index contributed by atoms with van der Waals surface area (Å²) in [6.07, 6.45) is 4.83. The molecule has 0 amide bonds. The number of fused-ring (bicyclic) bond motifs is 2. The van der Waals surface area contributed by atoms with Gasteiger partial charge in [0.15, 0.2) is 5.82 Å². The lowest BCUT2D eigenvalue weighted by Crippen LogP contribution is -2.06. The Morgan fingerprint density at radius 1 is 0.929 bits per heavy atom. The summed E-state index contributed by atoms with van der Waals surface area (Å²) < 4.78 is 0. The van der Waals surface area contributed by atoms with E-state index in [-0.39, 0.29) is 0 Å². The van der Waals surface area contributed by atoms with Crippen LogP contribution in [0.4, 0.5) is 11.6 Å². The Morgan fingerprint density at radius 2 is 1.82 bits per heavy atom. The van der Waals surface area contributed by atoms with Gasteiger partial charge in [-0.3, -0.25) is 5.10 Å². The number of para-hydroxylation sites is 1. The first-order chi connectivity index (χ1) is 13.8. The van der Waals surface area contributed by atoms with E-state index in [0.717, 1.165) is 40.8 Å². The molecule has 0 saturated heterocycles. The first-order valence-corrected chi connectivity index (χ1v) is 9.27. The number of nitrogen functional groups attached to an aromatic ring is 1. The first kappa shape index (κ1) is 16.4. The molecule has 0 aliphatic carbocycles. The van der Waals surface area contributed by atoms with Crippen LogP contribution in [0.2, 0.25) is 0 Å². The molecule has 0 spiro atoms. The van der Waals surface area contributed by atoms with E-state index in [9.17, 15) is 0 Å². The normalized spacial score (nSPS) is 11.3. The number of hydrogen-bond acceptors (Lipinski definition) is 4. The number of pyridine rings is 1. The zero-order chi connectivity index (χ0) is 18.9. The molecule has 0 radical (unpaired) electrons. The topological polar surface area (TPSA) is 95.4 Å². The molecule has 138 valence electrons. The number of hydrogen-bond donors (Lipinski definition) is 4. The Kier molecular flexibility index (Phi) is 3.94. The Bertz CT molecular complexity index is 1270. The summed E-state index contributed by atoms with van der Waals surface area (Å²) in [7, 11) is 0. The number of rotatable bonds is 5. The fourth-order valence-electron chi connectivity index (χ4n) is 3.58. The van der Waals surface area contributed by atoms with Gasteiger partial charge in [-0.1, -0.05) is 24.3 Å². The summed E-state index contributed by atoms with van der Waals surface area (Å²) in [6, 6.07) is 18.5. The van der Waals surface area contributed by atoms with Crippen molar-refractivity contribution >= 4 is 33.4 Å². The zero-order valence-corrected chi connectivity index (χ0v) is 15.2. The zero-order valence-electron chi connectivity index (χ0n) is 15.2. The summed E-state index contributed by atoms with van der Waals surface area (Å²) in [6.45, 7) is 0.812. The van der Waals surface area contributed by atoms with E-state index in [4.69, 9.17) is 5.73 Å². The Hall–Kier alpha value is -3.80. The van der Waals surface area contributed by atoms with Crippen LogP contribution in [0.1, 0.15) is 5.56 Å². The number of nitrogens with one attached hydrogen (secondary N) is 3. The molecule has 0 fully saturated rings. The van der Waals surface area contributed by atoms with Gasteiger partial charge >= 0.3 is 0 Å². The van der Waals surface area contributed by atoms with Crippen molar-refractivity contribution in [3.8, 4) is 11.1 Å². The number of nitrogens with two attached hydrogens (primary N) is 1. The standard InChI is InChI=1S/C22H20N6/c23-22-18-11-14(5-6-20(18)27-28-22)15-7-9-24-21(12-15)25-10-8-16-13-26-19-4-2-1-3-17(16)19/h1-7,9,11-13,26H,8,10H2,(H,24,25)(H3,23,27,28). The van der Waals surface area contributed by atoms with Gasteiger partial charge in [-0.25, -0.2) is 4.98 Å². The van der Waals surface area contributed by atoms with Gasteiger partial charge in [-0.15, -0.1) is 0 Å². The highest BCUT2D eigenvalue weighted by molar-refractivity contribution is 5.92. The number of aromatic amines is 2. The summed E-state index contributed by atoms with van der Waals surface area (Å²) in [4.78, 5) is 7.78. The molecule has 2 aromatic carbocycles. The molecule has 0 unspecified atom stereocenters. The maximum absolute atomic E-state index is 5.94. The molecule has 5 rings (SSSR count). The third-order valence-electron chi connectivity index (χ3n) is 5.06. The Morgan fingerprint density at radius 3 is 2.79 bits per heavy atom. The van der Waals surface area contributed by atoms with Gasteiger partial charge in [-0.05, 0) is 53.4 Å². The maximum Gasteiger partial charge on any atom is 0.153 e. The van der Waals surface area contributed by atoms with Crippen molar-refractivity contribution in [1.29, 1.82) is 0 Å². The third kappa shape index (κ3) is 2.95. The van der Waals surface area contributed by atoms with Crippen LogP contribution in [0, 0.1) is 0 Å². The van der Waals surface area contributed by atoms with E-state index >= 15 is 0 Å². The van der Waals surface area contributed by atoms with Gasteiger partial charge in [0.1, 0.15) is 5.82 Å². The highest BCUT2D eigenvalue weighted by Crippen LogP contribution is 2.27. The SMILES string of the molecule is Nc1n[nH]c2ccc(-c3ccnc(NCCc4c[nH]c5ccccc45)c3)cc12. The molecule has 0 bridgehead atoms. The van der Waals surface area contributed by atoms with E-state index < -0.39 is 0 Å².